The lowest BCUT2D eigenvalue weighted by Crippen LogP contribution is -1.80. The molecule has 0 amide bonds. The third kappa shape index (κ3) is 1.57. The average Bonchev–Trinajstić information content (AvgIpc) is 2.56. The summed E-state index contributed by atoms with van der Waals surface area (Å²) in [6.45, 7) is 2.07. The second-order valence-corrected chi connectivity index (χ2v) is 5.25. The van der Waals surface area contributed by atoms with Gasteiger partial charge in [-0.1, -0.05) is 0 Å². The minimum atomic E-state index is 0.810. The molecule has 0 radical (unpaired) electrons. The lowest BCUT2D eigenvalue weighted by atomic mass is 10.2. The number of fused-ring (bicyclic) bond motifs is 1. The van der Waals surface area contributed by atoms with Crippen molar-refractivity contribution >= 4 is 39.5 Å². The highest BCUT2D eigenvalue weighted by molar-refractivity contribution is 7.98. The SMILES string of the molecule is CSc1cc(C=O)c2sc(C)cc2c1. The predicted molar refractivity (Wildman–Crippen MR) is 63.7 cm³/mol. The first-order chi connectivity index (χ1) is 6.74. The lowest BCUT2D eigenvalue weighted by Gasteiger charge is -1.99. The van der Waals surface area contributed by atoms with E-state index >= 15 is 0 Å². The van der Waals surface area contributed by atoms with E-state index in [0.29, 0.717) is 0 Å². The van der Waals surface area contributed by atoms with Crippen LogP contribution in [0.15, 0.2) is 23.1 Å². The van der Waals surface area contributed by atoms with Crippen molar-refractivity contribution in [1.82, 2.24) is 0 Å². The summed E-state index contributed by atoms with van der Waals surface area (Å²) >= 11 is 3.35. The van der Waals surface area contributed by atoms with Crippen molar-refractivity contribution in [3.63, 3.8) is 0 Å². The second-order valence-electron chi connectivity index (χ2n) is 3.11. The normalized spacial score (nSPS) is 10.7. The fraction of sp³-hybridized carbons (Fsp3) is 0.182. The van der Waals surface area contributed by atoms with Crippen molar-refractivity contribution in [2.24, 2.45) is 0 Å². The number of aryl methyl sites for hydroxylation is 1. The van der Waals surface area contributed by atoms with Crippen molar-refractivity contribution in [2.75, 3.05) is 6.26 Å². The van der Waals surface area contributed by atoms with Crippen molar-refractivity contribution in [1.29, 1.82) is 0 Å². The fourth-order valence-electron chi connectivity index (χ4n) is 1.49. The number of thiophene rings is 1. The second kappa shape index (κ2) is 3.75. The number of aldehydes is 1. The largest absolute Gasteiger partial charge is 0.298 e. The van der Waals surface area contributed by atoms with E-state index in [4.69, 9.17) is 0 Å². The molecule has 0 saturated heterocycles. The smallest absolute Gasteiger partial charge is 0.151 e. The monoisotopic (exact) mass is 222 g/mol. The van der Waals surface area contributed by atoms with Gasteiger partial charge >= 0.3 is 0 Å². The van der Waals surface area contributed by atoms with E-state index in [-0.39, 0.29) is 0 Å². The van der Waals surface area contributed by atoms with Crippen LogP contribution in [-0.4, -0.2) is 12.5 Å². The van der Waals surface area contributed by atoms with Crippen molar-refractivity contribution in [2.45, 2.75) is 11.8 Å². The van der Waals surface area contributed by atoms with Gasteiger partial charge in [-0.05, 0) is 36.8 Å². The van der Waals surface area contributed by atoms with E-state index in [1.165, 1.54) is 10.3 Å². The van der Waals surface area contributed by atoms with E-state index in [1.54, 1.807) is 23.1 Å². The van der Waals surface area contributed by atoms with Gasteiger partial charge < -0.3 is 0 Å². The van der Waals surface area contributed by atoms with Gasteiger partial charge in [0.05, 0.1) is 0 Å². The Morgan fingerprint density at radius 2 is 2.14 bits per heavy atom. The van der Waals surface area contributed by atoms with Gasteiger partial charge in [0.15, 0.2) is 6.29 Å². The van der Waals surface area contributed by atoms with Crippen LogP contribution in [0.3, 0.4) is 0 Å². The Morgan fingerprint density at radius 3 is 2.79 bits per heavy atom. The van der Waals surface area contributed by atoms with Crippen LogP contribution in [0.1, 0.15) is 15.2 Å². The molecule has 0 bridgehead atoms. The zero-order valence-corrected chi connectivity index (χ0v) is 9.67. The molecule has 0 atom stereocenters. The molecule has 1 aromatic carbocycles. The molecule has 0 aliphatic rings. The minimum absolute atomic E-state index is 0.810. The van der Waals surface area contributed by atoms with Gasteiger partial charge in [0, 0.05) is 20.0 Å². The Morgan fingerprint density at radius 1 is 1.36 bits per heavy atom. The van der Waals surface area contributed by atoms with Gasteiger partial charge in [-0.25, -0.2) is 0 Å². The van der Waals surface area contributed by atoms with Crippen LogP contribution >= 0.6 is 23.1 Å². The molecule has 1 aromatic heterocycles. The maximum Gasteiger partial charge on any atom is 0.151 e. The third-order valence-electron chi connectivity index (χ3n) is 2.10. The number of benzene rings is 1. The molecular formula is C11H10OS2. The third-order valence-corrected chi connectivity index (χ3v) is 3.93. The Kier molecular flexibility index (Phi) is 2.61. The highest BCUT2D eigenvalue weighted by atomic mass is 32.2. The van der Waals surface area contributed by atoms with Crippen molar-refractivity contribution in [3.05, 3.63) is 28.6 Å². The fourth-order valence-corrected chi connectivity index (χ4v) is 2.94. The summed E-state index contributed by atoms with van der Waals surface area (Å²) in [6.07, 6.45) is 2.97. The number of thioether (sulfide) groups is 1. The molecule has 0 spiro atoms. The summed E-state index contributed by atoms with van der Waals surface area (Å²) in [6, 6.07) is 6.22. The molecule has 2 aromatic rings. The summed E-state index contributed by atoms with van der Waals surface area (Å²) in [5.74, 6) is 0. The lowest BCUT2D eigenvalue weighted by molar-refractivity contribution is 0.112. The van der Waals surface area contributed by atoms with Gasteiger partial charge in [-0.2, -0.15) is 0 Å². The van der Waals surface area contributed by atoms with E-state index in [9.17, 15) is 4.79 Å². The van der Waals surface area contributed by atoms with E-state index in [2.05, 4.69) is 19.1 Å². The van der Waals surface area contributed by atoms with Gasteiger partial charge in [0.2, 0.25) is 0 Å². The van der Waals surface area contributed by atoms with Crippen LogP contribution in [0.2, 0.25) is 0 Å². The number of carbonyl (C=O) groups excluding carboxylic acids is 1. The first kappa shape index (κ1) is 9.74. The molecule has 0 aliphatic heterocycles. The molecule has 0 fully saturated rings. The molecule has 72 valence electrons. The Balaban J connectivity index is 2.78. The molecule has 14 heavy (non-hydrogen) atoms. The molecule has 2 rings (SSSR count). The van der Waals surface area contributed by atoms with Gasteiger partial charge in [-0.3, -0.25) is 4.79 Å². The number of rotatable bonds is 2. The maximum atomic E-state index is 10.9. The molecule has 0 saturated carbocycles. The Bertz CT molecular complexity index is 485. The molecule has 0 unspecified atom stereocenters. The molecule has 0 aliphatic carbocycles. The highest BCUT2D eigenvalue weighted by Crippen LogP contribution is 2.31. The van der Waals surface area contributed by atoms with Crippen LogP contribution in [0.4, 0.5) is 0 Å². The minimum Gasteiger partial charge on any atom is -0.298 e. The van der Waals surface area contributed by atoms with Crippen LogP contribution in [0.5, 0.6) is 0 Å². The number of carbonyl (C=O) groups is 1. The standard InChI is InChI=1S/C11H10OS2/c1-7-3-8-4-10(13-2)5-9(6-12)11(8)14-7/h3-6H,1-2H3. The van der Waals surface area contributed by atoms with Gasteiger partial charge in [0.1, 0.15) is 0 Å². The van der Waals surface area contributed by atoms with E-state index in [0.717, 1.165) is 21.4 Å². The quantitative estimate of drug-likeness (QED) is 0.568. The van der Waals surface area contributed by atoms with Crippen molar-refractivity contribution in [3.8, 4) is 0 Å². The maximum absolute atomic E-state index is 10.9. The van der Waals surface area contributed by atoms with Crippen LogP contribution in [-0.2, 0) is 0 Å². The molecule has 3 heteroatoms. The molecule has 1 heterocycles. The molecule has 0 N–H and O–H groups in total. The Hall–Kier alpha value is -0.800. The average molecular weight is 222 g/mol. The number of hydrogen-bond donors (Lipinski definition) is 0. The highest BCUT2D eigenvalue weighted by Gasteiger charge is 2.05. The summed E-state index contributed by atoms with van der Waals surface area (Å²) in [7, 11) is 0. The molecular weight excluding hydrogens is 212 g/mol. The number of hydrogen-bond acceptors (Lipinski definition) is 3. The summed E-state index contributed by atoms with van der Waals surface area (Å²) in [5, 5.41) is 1.18. The van der Waals surface area contributed by atoms with Crippen LogP contribution in [0, 0.1) is 6.92 Å². The summed E-state index contributed by atoms with van der Waals surface area (Å²) in [5.41, 5.74) is 0.810. The van der Waals surface area contributed by atoms with E-state index in [1.807, 2.05) is 12.3 Å². The van der Waals surface area contributed by atoms with Crippen LogP contribution in [0.25, 0.3) is 10.1 Å². The van der Waals surface area contributed by atoms with Gasteiger partial charge in [0.25, 0.3) is 0 Å². The first-order valence-corrected chi connectivity index (χ1v) is 6.32. The van der Waals surface area contributed by atoms with Crippen LogP contribution < -0.4 is 0 Å². The predicted octanol–water partition coefficient (Wildman–Crippen LogP) is 3.74. The zero-order valence-electron chi connectivity index (χ0n) is 8.03. The van der Waals surface area contributed by atoms with Crippen molar-refractivity contribution < 1.29 is 4.79 Å². The first-order valence-electron chi connectivity index (χ1n) is 4.28. The zero-order chi connectivity index (χ0) is 10.1. The topological polar surface area (TPSA) is 17.1 Å². The molecule has 1 nitrogen and oxygen atoms in total. The van der Waals surface area contributed by atoms with Gasteiger partial charge in [-0.15, -0.1) is 23.1 Å². The van der Waals surface area contributed by atoms with E-state index < -0.39 is 0 Å². The summed E-state index contributed by atoms with van der Waals surface area (Å²) in [4.78, 5) is 13.3. The Labute approximate surface area is 91.1 Å². The summed E-state index contributed by atoms with van der Waals surface area (Å²) < 4.78 is 1.11.